The zero-order valence-corrected chi connectivity index (χ0v) is 15.3. The Morgan fingerprint density at radius 1 is 1.48 bits per heavy atom. The van der Waals surface area contributed by atoms with Gasteiger partial charge in [0.2, 0.25) is 0 Å². The van der Waals surface area contributed by atoms with Gasteiger partial charge in [-0.2, -0.15) is 0 Å². The van der Waals surface area contributed by atoms with Crippen LogP contribution in [0.2, 0.25) is 0 Å². The predicted molar refractivity (Wildman–Crippen MR) is 97.2 cm³/mol. The molecule has 23 heavy (non-hydrogen) atoms. The number of hydrogen-bond acceptors (Lipinski definition) is 3. The maximum atomic E-state index is 12.2. The molecular weight excluding hydrogens is 308 g/mol. The van der Waals surface area contributed by atoms with Gasteiger partial charge in [0, 0.05) is 15.8 Å². The molecule has 1 aromatic carbocycles. The Bertz CT molecular complexity index is 560. The minimum atomic E-state index is -0.523. The van der Waals surface area contributed by atoms with E-state index in [9.17, 15) is 9.90 Å². The Balaban J connectivity index is 1.98. The second-order valence-corrected chi connectivity index (χ2v) is 8.25. The number of aliphatic hydroxyl groups is 1. The lowest BCUT2D eigenvalue weighted by atomic mass is 9.97. The van der Waals surface area contributed by atoms with Crippen LogP contribution < -0.4 is 10.6 Å². The van der Waals surface area contributed by atoms with Crippen LogP contribution in [0.3, 0.4) is 0 Å². The lowest BCUT2D eigenvalue weighted by molar-refractivity contribution is 0.159. The number of nitrogens with one attached hydrogen (secondary N) is 2. The molecule has 2 unspecified atom stereocenters. The minimum Gasteiger partial charge on any atom is -0.394 e. The van der Waals surface area contributed by atoms with Crippen molar-refractivity contribution in [1.82, 2.24) is 5.32 Å². The summed E-state index contributed by atoms with van der Waals surface area (Å²) >= 11 is 1.85. The van der Waals surface area contributed by atoms with Crippen molar-refractivity contribution >= 4 is 23.5 Å². The van der Waals surface area contributed by atoms with Crippen molar-refractivity contribution in [2.75, 3.05) is 11.9 Å². The van der Waals surface area contributed by atoms with Gasteiger partial charge in [0.05, 0.1) is 12.1 Å². The van der Waals surface area contributed by atoms with E-state index < -0.39 is 5.54 Å². The van der Waals surface area contributed by atoms with E-state index in [0.717, 1.165) is 30.5 Å². The highest BCUT2D eigenvalue weighted by Crippen LogP contribution is 2.39. The van der Waals surface area contributed by atoms with Gasteiger partial charge < -0.3 is 15.7 Å². The molecule has 1 fully saturated rings. The lowest BCUT2D eigenvalue weighted by Gasteiger charge is -2.29. The number of benzene rings is 1. The number of hydrogen-bond donors (Lipinski definition) is 3. The van der Waals surface area contributed by atoms with E-state index in [0.29, 0.717) is 11.2 Å². The van der Waals surface area contributed by atoms with Crippen molar-refractivity contribution in [3.8, 4) is 0 Å². The van der Waals surface area contributed by atoms with Crippen LogP contribution in [0.15, 0.2) is 23.1 Å². The van der Waals surface area contributed by atoms with Gasteiger partial charge in [-0.05, 0) is 62.8 Å². The molecule has 2 rings (SSSR count). The van der Waals surface area contributed by atoms with E-state index >= 15 is 0 Å². The molecule has 2 atom stereocenters. The zero-order chi connectivity index (χ0) is 17.0. The molecule has 0 saturated heterocycles. The molecule has 0 aliphatic heterocycles. The topological polar surface area (TPSA) is 61.4 Å². The summed E-state index contributed by atoms with van der Waals surface area (Å²) in [4.78, 5) is 13.5. The van der Waals surface area contributed by atoms with Crippen LogP contribution in [-0.4, -0.2) is 28.5 Å². The van der Waals surface area contributed by atoms with E-state index in [4.69, 9.17) is 0 Å². The first-order valence-corrected chi connectivity index (χ1v) is 9.23. The van der Waals surface area contributed by atoms with Gasteiger partial charge in [-0.15, -0.1) is 11.8 Å². The second-order valence-electron chi connectivity index (χ2n) is 6.74. The molecule has 3 N–H and O–H groups in total. The first-order valence-electron chi connectivity index (χ1n) is 8.35. The molecule has 4 nitrogen and oxygen atoms in total. The molecule has 0 radical (unpaired) electrons. The first kappa shape index (κ1) is 18.1. The van der Waals surface area contributed by atoms with Gasteiger partial charge in [0.15, 0.2) is 0 Å². The molecule has 5 heteroatoms. The molecule has 1 aliphatic carbocycles. The Kier molecular flexibility index (Phi) is 5.98. The standard InChI is InChI=1S/C18H28N2O2S/c1-5-13(3)23-15-8-9-16(12(2)10-15)19-17(22)20-18(4,11-21)14-6-7-14/h8-10,13-14,21H,5-7,11H2,1-4H3,(H2,19,20,22). The van der Waals surface area contributed by atoms with Crippen molar-refractivity contribution in [2.24, 2.45) is 5.92 Å². The molecule has 1 aromatic rings. The molecule has 0 aromatic heterocycles. The molecule has 0 heterocycles. The molecule has 128 valence electrons. The Morgan fingerprint density at radius 3 is 2.70 bits per heavy atom. The summed E-state index contributed by atoms with van der Waals surface area (Å²) in [5.41, 5.74) is 1.34. The number of carbonyl (C=O) groups excluding carboxylic acids is 1. The minimum absolute atomic E-state index is 0.0332. The van der Waals surface area contributed by atoms with E-state index in [-0.39, 0.29) is 12.6 Å². The van der Waals surface area contributed by atoms with Gasteiger partial charge in [0.1, 0.15) is 0 Å². The van der Waals surface area contributed by atoms with Crippen LogP contribution in [0.5, 0.6) is 0 Å². The fraction of sp³-hybridized carbons (Fsp3) is 0.611. The maximum Gasteiger partial charge on any atom is 0.319 e. The quantitative estimate of drug-likeness (QED) is 0.655. The van der Waals surface area contributed by atoms with Gasteiger partial charge in [-0.1, -0.05) is 13.8 Å². The summed E-state index contributed by atoms with van der Waals surface area (Å²) in [6.07, 6.45) is 3.27. The summed E-state index contributed by atoms with van der Waals surface area (Å²) in [6.45, 7) is 8.27. The predicted octanol–water partition coefficient (Wildman–Crippen LogP) is 4.17. The number of amides is 2. The van der Waals surface area contributed by atoms with Gasteiger partial charge >= 0.3 is 6.03 Å². The van der Waals surface area contributed by atoms with E-state index in [1.54, 1.807) is 0 Å². The maximum absolute atomic E-state index is 12.2. The third-order valence-corrected chi connectivity index (χ3v) is 5.83. The molecule has 0 spiro atoms. The number of rotatable bonds is 7. The van der Waals surface area contributed by atoms with Gasteiger partial charge in [-0.25, -0.2) is 4.79 Å². The van der Waals surface area contributed by atoms with E-state index in [1.807, 2.05) is 37.7 Å². The Labute approximate surface area is 143 Å². The summed E-state index contributed by atoms with van der Waals surface area (Å²) in [7, 11) is 0. The number of carbonyl (C=O) groups is 1. The van der Waals surface area contributed by atoms with Crippen molar-refractivity contribution < 1.29 is 9.90 Å². The smallest absolute Gasteiger partial charge is 0.319 e. The largest absolute Gasteiger partial charge is 0.394 e. The number of anilines is 1. The van der Waals surface area contributed by atoms with E-state index in [2.05, 4.69) is 30.5 Å². The highest BCUT2D eigenvalue weighted by atomic mass is 32.2. The van der Waals surface area contributed by atoms with Crippen LogP contribution in [0.4, 0.5) is 10.5 Å². The molecule has 2 amide bonds. The first-order chi connectivity index (χ1) is 10.9. The van der Waals surface area contributed by atoms with E-state index in [1.165, 1.54) is 4.90 Å². The van der Waals surface area contributed by atoms with Gasteiger partial charge in [0.25, 0.3) is 0 Å². The highest BCUT2D eigenvalue weighted by Gasteiger charge is 2.42. The fourth-order valence-electron chi connectivity index (χ4n) is 2.57. The van der Waals surface area contributed by atoms with Crippen LogP contribution in [0.1, 0.15) is 45.6 Å². The summed E-state index contributed by atoms with van der Waals surface area (Å²) in [6, 6.07) is 5.86. The van der Waals surface area contributed by atoms with Crippen LogP contribution in [0.25, 0.3) is 0 Å². The Morgan fingerprint density at radius 2 is 2.17 bits per heavy atom. The van der Waals surface area contributed by atoms with Gasteiger partial charge in [-0.3, -0.25) is 0 Å². The number of aryl methyl sites for hydroxylation is 1. The normalized spacial score (nSPS) is 18.1. The summed E-state index contributed by atoms with van der Waals surface area (Å²) in [5, 5.41) is 16.0. The van der Waals surface area contributed by atoms with Crippen molar-refractivity contribution in [1.29, 1.82) is 0 Å². The SMILES string of the molecule is CCC(C)Sc1ccc(NC(=O)NC(C)(CO)C2CC2)c(C)c1. The zero-order valence-electron chi connectivity index (χ0n) is 14.5. The average molecular weight is 337 g/mol. The average Bonchev–Trinajstić information content (AvgIpc) is 3.35. The van der Waals surface area contributed by atoms with Crippen LogP contribution in [0, 0.1) is 12.8 Å². The Hall–Kier alpha value is -1.20. The lowest BCUT2D eigenvalue weighted by Crippen LogP contribution is -2.52. The highest BCUT2D eigenvalue weighted by molar-refractivity contribution is 7.99. The third-order valence-electron chi connectivity index (χ3n) is 4.56. The monoisotopic (exact) mass is 336 g/mol. The molecular formula is C18H28N2O2S. The van der Waals surface area contributed by atoms with Crippen LogP contribution in [-0.2, 0) is 0 Å². The van der Waals surface area contributed by atoms with Crippen molar-refractivity contribution in [3.05, 3.63) is 23.8 Å². The van der Waals surface area contributed by atoms with Crippen molar-refractivity contribution in [2.45, 2.75) is 62.6 Å². The van der Waals surface area contributed by atoms with Crippen LogP contribution >= 0.6 is 11.8 Å². The third kappa shape index (κ3) is 4.88. The summed E-state index contributed by atoms with van der Waals surface area (Å²) in [5.74, 6) is 0.383. The number of aliphatic hydroxyl groups excluding tert-OH is 1. The fourth-order valence-corrected chi connectivity index (χ4v) is 3.59. The second kappa shape index (κ2) is 7.58. The number of urea groups is 1. The number of thioether (sulfide) groups is 1. The molecule has 1 saturated carbocycles. The molecule has 1 aliphatic rings. The summed E-state index contributed by atoms with van der Waals surface area (Å²) < 4.78 is 0. The molecule has 0 bridgehead atoms. The van der Waals surface area contributed by atoms with Crippen molar-refractivity contribution in [3.63, 3.8) is 0 Å².